The zero-order valence-electron chi connectivity index (χ0n) is 11.1. The number of halogens is 2. The summed E-state index contributed by atoms with van der Waals surface area (Å²) in [5.41, 5.74) is 6.67. The molecule has 0 aromatic heterocycles. The van der Waals surface area contributed by atoms with Crippen LogP contribution in [0.5, 0.6) is 0 Å². The topological polar surface area (TPSA) is 72.2 Å². The number of benzene rings is 1. The number of sulfonamides is 1. The molecule has 4 nitrogen and oxygen atoms in total. The summed E-state index contributed by atoms with van der Waals surface area (Å²) in [6.45, 7) is 6.03. The Kier molecular flexibility index (Phi) is 5.31. The van der Waals surface area contributed by atoms with Crippen molar-refractivity contribution in [2.24, 2.45) is 5.41 Å². The fourth-order valence-electron chi connectivity index (χ4n) is 1.34. The monoisotopic (exact) mass is 412 g/mol. The Bertz CT molecular complexity index is 543. The maximum atomic E-state index is 12.1. The van der Waals surface area contributed by atoms with Crippen LogP contribution in [0.1, 0.15) is 27.2 Å². The molecule has 0 saturated heterocycles. The van der Waals surface area contributed by atoms with Gasteiger partial charge in [-0.15, -0.1) is 0 Å². The molecule has 0 bridgehead atoms. The first-order chi connectivity index (χ1) is 8.50. The van der Waals surface area contributed by atoms with Crippen molar-refractivity contribution in [3.63, 3.8) is 0 Å². The molecule has 0 aliphatic carbocycles. The molecule has 108 valence electrons. The Balaban J connectivity index is 2.90. The van der Waals surface area contributed by atoms with E-state index in [2.05, 4.69) is 36.6 Å². The van der Waals surface area contributed by atoms with Crippen LogP contribution in [0.4, 0.5) is 11.4 Å². The van der Waals surface area contributed by atoms with E-state index in [4.69, 9.17) is 5.73 Å². The van der Waals surface area contributed by atoms with Crippen LogP contribution in [-0.2, 0) is 10.0 Å². The summed E-state index contributed by atoms with van der Waals surface area (Å²) in [5.74, 6) is 0.0831. The summed E-state index contributed by atoms with van der Waals surface area (Å²) in [7, 11) is -3.38. The number of hydrogen-bond acceptors (Lipinski definition) is 3. The molecule has 0 heterocycles. The van der Waals surface area contributed by atoms with Gasteiger partial charge < -0.3 is 5.73 Å². The van der Waals surface area contributed by atoms with Gasteiger partial charge in [-0.2, -0.15) is 0 Å². The van der Waals surface area contributed by atoms with Crippen LogP contribution < -0.4 is 10.5 Å². The van der Waals surface area contributed by atoms with Gasteiger partial charge in [0.15, 0.2) is 0 Å². The van der Waals surface area contributed by atoms with Gasteiger partial charge in [-0.1, -0.05) is 20.8 Å². The summed E-state index contributed by atoms with van der Waals surface area (Å²) < 4.78 is 27.9. The average molecular weight is 414 g/mol. The molecule has 0 fully saturated rings. The molecule has 1 rings (SSSR count). The first-order valence-electron chi connectivity index (χ1n) is 5.75. The molecule has 0 saturated carbocycles. The number of hydrogen-bond donors (Lipinski definition) is 2. The second-order valence-corrected chi connectivity index (χ2v) is 9.14. The van der Waals surface area contributed by atoms with Crippen molar-refractivity contribution in [2.75, 3.05) is 16.2 Å². The number of rotatable bonds is 4. The highest BCUT2D eigenvalue weighted by Crippen LogP contribution is 2.34. The molecule has 7 heteroatoms. The van der Waals surface area contributed by atoms with Crippen LogP contribution in [0.25, 0.3) is 0 Å². The lowest BCUT2D eigenvalue weighted by Gasteiger charge is -2.19. The minimum atomic E-state index is -3.38. The number of nitrogens with one attached hydrogen (secondary N) is 1. The summed E-state index contributed by atoms with van der Waals surface area (Å²) >= 11 is 6.61. The van der Waals surface area contributed by atoms with Gasteiger partial charge in [0.05, 0.1) is 11.4 Å². The maximum absolute atomic E-state index is 12.1. The molecule has 0 aliphatic heterocycles. The summed E-state index contributed by atoms with van der Waals surface area (Å²) in [5, 5.41) is 0. The van der Waals surface area contributed by atoms with Crippen LogP contribution in [0.15, 0.2) is 21.1 Å². The third-order valence-electron chi connectivity index (χ3n) is 2.44. The van der Waals surface area contributed by atoms with Crippen molar-refractivity contribution in [2.45, 2.75) is 27.2 Å². The number of nitrogens with two attached hydrogens (primary N) is 1. The van der Waals surface area contributed by atoms with Crippen molar-refractivity contribution < 1.29 is 8.42 Å². The van der Waals surface area contributed by atoms with Crippen molar-refractivity contribution in [1.29, 1.82) is 0 Å². The van der Waals surface area contributed by atoms with Gasteiger partial charge in [-0.25, -0.2) is 8.42 Å². The molecule has 19 heavy (non-hydrogen) atoms. The van der Waals surface area contributed by atoms with E-state index in [1.807, 2.05) is 20.8 Å². The van der Waals surface area contributed by atoms with Crippen molar-refractivity contribution in [3.05, 3.63) is 21.1 Å². The zero-order valence-corrected chi connectivity index (χ0v) is 15.1. The molecule has 0 aliphatic rings. The normalized spacial score (nSPS) is 12.5. The summed E-state index contributed by atoms with van der Waals surface area (Å²) in [6, 6.07) is 3.32. The third kappa shape index (κ3) is 5.71. The Morgan fingerprint density at radius 3 is 2.11 bits per heavy atom. The Morgan fingerprint density at radius 2 is 1.68 bits per heavy atom. The smallest absolute Gasteiger partial charge is 0.232 e. The standard InChI is InChI=1S/C12H18Br2N2O2S/c1-12(2,3)4-5-19(17,18)16-11-9(13)6-8(15)7-10(11)14/h6-7,16H,4-5,15H2,1-3H3. The Morgan fingerprint density at radius 1 is 1.21 bits per heavy atom. The molecular weight excluding hydrogens is 396 g/mol. The molecule has 0 spiro atoms. The van der Waals surface area contributed by atoms with E-state index in [1.54, 1.807) is 12.1 Å². The van der Waals surface area contributed by atoms with Crippen LogP contribution in [0.2, 0.25) is 0 Å². The van der Waals surface area contributed by atoms with E-state index < -0.39 is 10.0 Å². The summed E-state index contributed by atoms with van der Waals surface area (Å²) in [6.07, 6.45) is 0.590. The van der Waals surface area contributed by atoms with Gasteiger partial charge in [0.1, 0.15) is 0 Å². The van der Waals surface area contributed by atoms with Gasteiger partial charge >= 0.3 is 0 Å². The Hall–Kier alpha value is -0.270. The minimum absolute atomic E-state index is 0.0235. The van der Waals surface area contributed by atoms with Gasteiger partial charge in [0.2, 0.25) is 10.0 Å². The molecule has 0 amide bonds. The SMILES string of the molecule is CC(C)(C)CCS(=O)(=O)Nc1c(Br)cc(N)cc1Br. The molecule has 0 atom stereocenters. The second-order valence-electron chi connectivity index (χ2n) is 5.59. The van der Waals surface area contributed by atoms with E-state index in [-0.39, 0.29) is 11.2 Å². The molecular formula is C12H18Br2N2O2S. The van der Waals surface area contributed by atoms with Crippen LogP contribution in [0, 0.1) is 5.41 Å². The lowest BCUT2D eigenvalue weighted by Crippen LogP contribution is -2.21. The fraction of sp³-hybridized carbons (Fsp3) is 0.500. The molecule has 0 unspecified atom stereocenters. The van der Waals surface area contributed by atoms with E-state index in [1.165, 1.54) is 0 Å². The third-order valence-corrected chi connectivity index (χ3v) is 4.95. The van der Waals surface area contributed by atoms with E-state index in [0.717, 1.165) is 0 Å². The largest absolute Gasteiger partial charge is 0.399 e. The predicted octanol–water partition coefficient (Wildman–Crippen LogP) is 3.97. The lowest BCUT2D eigenvalue weighted by molar-refractivity contribution is 0.397. The lowest BCUT2D eigenvalue weighted by atomic mass is 9.94. The van der Waals surface area contributed by atoms with E-state index in [0.29, 0.717) is 26.7 Å². The summed E-state index contributed by atoms with van der Waals surface area (Å²) in [4.78, 5) is 0. The van der Waals surface area contributed by atoms with Crippen molar-refractivity contribution >= 4 is 53.3 Å². The first-order valence-corrected chi connectivity index (χ1v) is 8.99. The minimum Gasteiger partial charge on any atom is -0.399 e. The maximum Gasteiger partial charge on any atom is 0.232 e. The highest BCUT2D eigenvalue weighted by atomic mass is 79.9. The van der Waals surface area contributed by atoms with Crippen molar-refractivity contribution in [1.82, 2.24) is 0 Å². The average Bonchev–Trinajstić information content (AvgIpc) is 2.20. The number of anilines is 2. The van der Waals surface area contributed by atoms with Crippen LogP contribution in [0.3, 0.4) is 0 Å². The van der Waals surface area contributed by atoms with Gasteiger partial charge in [-0.05, 0) is 55.8 Å². The molecule has 1 aromatic carbocycles. The quantitative estimate of drug-likeness (QED) is 0.733. The fourth-order valence-corrected chi connectivity index (χ4v) is 4.53. The molecule has 0 radical (unpaired) electrons. The van der Waals surface area contributed by atoms with E-state index >= 15 is 0 Å². The zero-order chi connectivity index (χ0) is 14.8. The van der Waals surface area contributed by atoms with Crippen molar-refractivity contribution in [3.8, 4) is 0 Å². The second kappa shape index (κ2) is 6.01. The van der Waals surface area contributed by atoms with Crippen LogP contribution >= 0.6 is 31.9 Å². The van der Waals surface area contributed by atoms with Gasteiger partial charge in [-0.3, -0.25) is 4.72 Å². The molecule has 3 N–H and O–H groups in total. The highest BCUT2D eigenvalue weighted by Gasteiger charge is 2.19. The van der Waals surface area contributed by atoms with Gasteiger partial charge in [0, 0.05) is 14.6 Å². The number of nitrogen functional groups attached to an aromatic ring is 1. The van der Waals surface area contributed by atoms with Gasteiger partial charge in [0.25, 0.3) is 0 Å². The van der Waals surface area contributed by atoms with E-state index in [9.17, 15) is 8.42 Å². The highest BCUT2D eigenvalue weighted by molar-refractivity contribution is 9.11. The molecule has 1 aromatic rings. The Labute approximate surface area is 131 Å². The predicted molar refractivity (Wildman–Crippen MR) is 87.7 cm³/mol. The first kappa shape index (κ1) is 16.8. The van der Waals surface area contributed by atoms with Crippen LogP contribution in [-0.4, -0.2) is 14.2 Å².